The molecule has 0 fully saturated rings. The standard InChI is InChI=1S/C18H20FN3O3/c1-4-13(5-2)25-15-7-6-12(19)8-14(15)22-10-11(9-20)16(21)17(22)18(23)24-3/h6-8,10,13H,4-5,21H2,1-3H3. The average molecular weight is 345 g/mol. The predicted octanol–water partition coefficient (Wildman–Crippen LogP) is 3.42. The number of halogens is 1. The molecule has 0 bridgehead atoms. The molecule has 25 heavy (non-hydrogen) atoms. The SMILES string of the molecule is CCC(CC)Oc1ccc(F)cc1-n1cc(C#N)c(N)c1C(=O)OC. The highest BCUT2D eigenvalue weighted by molar-refractivity contribution is 5.96. The van der Waals surface area contributed by atoms with Gasteiger partial charge in [0, 0.05) is 12.3 Å². The lowest BCUT2D eigenvalue weighted by atomic mass is 10.2. The molecule has 0 aliphatic rings. The van der Waals surface area contributed by atoms with Crippen LogP contribution in [0.25, 0.3) is 5.69 Å². The van der Waals surface area contributed by atoms with Crippen molar-refractivity contribution < 1.29 is 18.7 Å². The molecule has 0 amide bonds. The number of esters is 1. The summed E-state index contributed by atoms with van der Waals surface area (Å²) in [4.78, 5) is 12.1. The average Bonchev–Trinajstić information content (AvgIpc) is 2.96. The number of ether oxygens (including phenoxy) is 2. The van der Waals surface area contributed by atoms with Gasteiger partial charge in [0.1, 0.15) is 17.6 Å². The summed E-state index contributed by atoms with van der Waals surface area (Å²) in [5.74, 6) is -0.843. The summed E-state index contributed by atoms with van der Waals surface area (Å²) in [6, 6.07) is 5.91. The number of hydrogen-bond donors (Lipinski definition) is 1. The lowest BCUT2D eigenvalue weighted by Crippen LogP contribution is -2.16. The Morgan fingerprint density at radius 2 is 2.08 bits per heavy atom. The van der Waals surface area contributed by atoms with Gasteiger partial charge in [0.2, 0.25) is 0 Å². The van der Waals surface area contributed by atoms with E-state index >= 15 is 0 Å². The van der Waals surface area contributed by atoms with Gasteiger partial charge in [0.05, 0.1) is 30.2 Å². The topological polar surface area (TPSA) is 90.3 Å². The van der Waals surface area contributed by atoms with Gasteiger partial charge >= 0.3 is 5.97 Å². The Kier molecular flexibility index (Phi) is 5.65. The van der Waals surface area contributed by atoms with Crippen molar-refractivity contribution in [2.75, 3.05) is 12.8 Å². The maximum Gasteiger partial charge on any atom is 0.357 e. The maximum absolute atomic E-state index is 13.9. The Labute approximate surface area is 145 Å². The zero-order chi connectivity index (χ0) is 18.6. The van der Waals surface area contributed by atoms with Gasteiger partial charge in [-0.05, 0) is 25.0 Å². The number of nitriles is 1. The number of carbonyl (C=O) groups excluding carboxylic acids is 1. The van der Waals surface area contributed by atoms with Crippen molar-refractivity contribution in [1.29, 1.82) is 5.26 Å². The first kappa shape index (κ1) is 18.3. The third kappa shape index (κ3) is 3.58. The first-order valence-corrected chi connectivity index (χ1v) is 7.92. The van der Waals surface area contributed by atoms with Crippen molar-refractivity contribution in [2.45, 2.75) is 32.8 Å². The smallest absolute Gasteiger partial charge is 0.357 e. The number of methoxy groups -OCH3 is 1. The Bertz CT molecular complexity index is 820. The highest BCUT2D eigenvalue weighted by atomic mass is 19.1. The van der Waals surface area contributed by atoms with Crippen LogP contribution in [0.2, 0.25) is 0 Å². The number of nitrogens with two attached hydrogens (primary N) is 1. The summed E-state index contributed by atoms with van der Waals surface area (Å²) in [6.07, 6.45) is 2.85. The molecule has 132 valence electrons. The van der Waals surface area contributed by atoms with Gasteiger partial charge in [-0.2, -0.15) is 5.26 Å². The zero-order valence-electron chi connectivity index (χ0n) is 14.4. The Balaban J connectivity index is 2.67. The van der Waals surface area contributed by atoms with Crippen LogP contribution in [-0.2, 0) is 4.74 Å². The number of carbonyl (C=O) groups is 1. The molecule has 2 N–H and O–H groups in total. The Morgan fingerprint density at radius 1 is 1.40 bits per heavy atom. The lowest BCUT2D eigenvalue weighted by Gasteiger charge is -2.19. The van der Waals surface area contributed by atoms with Gasteiger partial charge < -0.3 is 19.8 Å². The van der Waals surface area contributed by atoms with E-state index in [1.807, 2.05) is 19.9 Å². The maximum atomic E-state index is 13.9. The normalized spacial score (nSPS) is 10.6. The molecular weight excluding hydrogens is 325 g/mol. The third-order valence-corrected chi connectivity index (χ3v) is 3.93. The molecule has 0 spiro atoms. The van der Waals surface area contributed by atoms with Crippen LogP contribution in [0.5, 0.6) is 5.75 Å². The van der Waals surface area contributed by atoms with Gasteiger partial charge in [0.25, 0.3) is 0 Å². The van der Waals surface area contributed by atoms with Crippen LogP contribution in [-0.4, -0.2) is 23.8 Å². The van der Waals surface area contributed by atoms with E-state index < -0.39 is 11.8 Å². The molecule has 0 saturated carbocycles. The van der Waals surface area contributed by atoms with Gasteiger partial charge in [-0.3, -0.25) is 0 Å². The molecule has 2 rings (SSSR count). The number of nitrogen functional groups attached to an aromatic ring is 1. The lowest BCUT2D eigenvalue weighted by molar-refractivity contribution is 0.0593. The van der Waals surface area contributed by atoms with Crippen LogP contribution >= 0.6 is 0 Å². The van der Waals surface area contributed by atoms with Crippen LogP contribution in [0.15, 0.2) is 24.4 Å². The minimum Gasteiger partial charge on any atom is -0.488 e. The third-order valence-electron chi connectivity index (χ3n) is 3.93. The number of aromatic nitrogens is 1. The van der Waals surface area contributed by atoms with Crippen molar-refractivity contribution in [2.24, 2.45) is 0 Å². The quantitative estimate of drug-likeness (QED) is 0.810. The predicted molar refractivity (Wildman–Crippen MR) is 91.2 cm³/mol. The molecule has 0 saturated heterocycles. The van der Waals surface area contributed by atoms with Crippen molar-refractivity contribution in [1.82, 2.24) is 4.57 Å². The van der Waals surface area contributed by atoms with Crippen LogP contribution < -0.4 is 10.5 Å². The summed E-state index contributed by atoms with van der Waals surface area (Å²) in [5, 5.41) is 9.20. The number of hydrogen-bond acceptors (Lipinski definition) is 5. The molecule has 0 radical (unpaired) electrons. The van der Waals surface area contributed by atoms with Crippen LogP contribution in [0.4, 0.5) is 10.1 Å². The first-order valence-electron chi connectivity index (χ1n) is 7.92. The van der Waals surface area contributed by atoms with Gasteiger partial charge in [0.15, 0.2) is 5.69 Å². The zero-order valence-corrected chi connectivity index (χ0v) is 14.4. The van der Waals surface area contributed by atoms with E-state index in [2.05, 4.69) is 0 Å². The Hall–Kier alpha value is -3.01. The molecular formula is C18H20FN3O3. The fourth-order valence-electron chi connectivity index (χ4n) is 2.52. The summed E-state index contributed by atoms with van der Waals surface area (Å²) in [6.45, 7) is 3.97. The van der Waals surface area contributed by atoms with Gasteiger partial charge in [-0.25, -0.2) is 9.18 Å². The summed E-state index contributed by atoms with van der Waals surface area (Å²) in [7, 11) is 1.21. The monoisotopic (exact) mass is 345 g/mol. The molecule has 0 aliphatic carbocycles. The largest absolute Gasteiger partial charge is 0.488 e. The minimum absolute atomic E-state index is 0.0212. The molecule has 0 atom stereocenters. The van der Waals surface area contributed by atoms with Crippen LogP contribution in [0, 0.1) is 17.1 Å². The number of nitrogens with zero attached hydrogens (tertiary/aromatic N) is 2. The highest BCUT2D eigenvalue weighted by Gasteiger charge is 2.24. The summed E-state index contributed by atoms with van der Waals surface area (Å²) >= 11 is 0. The van der Waals surface area contributed by atoms with Gasteiger partial charge in [-0.15, -0.1) is 0 Å². The molecule has 2 aromatic rings. The van der Waals surface area contributed by atoms with Crippen molar-refractivity contribution >= 4 is 11.7 Å². The summed E-state index contributed by atoms with van der Waals surface area (Å²) in [5.41, 5.74) is 6.20. The van der Waals surface area contributed by atoms with E-state index in [1.54, 1.807) is 0 Å². The molecule has 0 aliphatic heterocycles. The minimum atomic E-state index is -0.725. The number of rotatable bonds is 6. The first-order chi connectivity index (χ1) is 12.0. The molecule has 7 heteroatoms. The second-order valence-electron chi connectivity index (χ2n) is 5.45. The van der Waals surface area contributed by atoms with E-state index in [0.29, 0.717) is 5.75 Å². The fraction of sp³-hybridized carbons (Fsp3) is 0.333. The molecule has 0 unspecified atom stereocenters. The molecule has 1 heterocycles. The van der Waals surface area contributed by atoms with Crippen LogP contribution in [0.1, 0.15) is 42.7 Å². The molecule has 1 aromatic heterocycles. The Morgan fingerprint density at radius 3 is 2.64 bits per heavy atom. The highest BCUT2D eigenvalue weighted by Crippen LogP contribution is 2.31. The molecule has 1 aromatic carbocycles. The second-order valence-corrected chi connectivity index (χ2v) is 5.45. The molecule has 6 nitrogen and oxygen atoms in total. The van der Waals surface area contributed by atoms with E-state index in [4.69, 9.17) is 15.2 Å². The van der Waals surface area contributed by atoms with Crippen molar-refractivity contribution in [3.05, 3.63) is 41.5 Å². The van der Waals surface area contributed by atoms with E-state index in [1.165, 1.54) is 36.1 Å². The van der Waals surface area contributed by atoms with E-state index in [0.717, 1.165) is 12.8 Å². The summed E-state index contributed by atoms with van der Waals surface area (Å²) < 4.78 is 25.9. The fourth-order valence-corrected chi connectivity index (χ4v) is 2.52. The van der Waals surface area contributed by atoms with Gasteiger partial charge in [-0.1, -0.05) is 13.8 Å². The second kappa shape index (κ2) is 7.71. The number of benzene rings is 1. The van der Waals surface area contributed by atoms with E-state index in [-0.39, 0.29) is 28.7 Å². The van der Waals surface area contributed by atoms with Crippen molar-refractivity contribution in [3.8, 4) is 17.5 Å². The van der Waals surface area contributed by atoms with E-state index in [9.17, 15) is 14.4 Å². The number of anilines is 1. The van der Waals surface area contributed by atoms with Crippen LogP contribution in [0.3, 0.4) is 0 Å². The van der Waals surface area contributed by atoms with Crippen molar-refractivity contribution in [3.63, 3.8) is 0 Å².